The maximum atomic E-state index is 13.1. The number of benzene rings is 1. The zero-order valence-electron chi connectivity index (χ0n) is 14.1. The van der Waals surface area contributed by atoms with Crippen LogP contribution >= 0.6 is 11.3 Å². The molecule has 0 aliphatic rings. The van der Waals surface area contributed by atoms with Gasteiger partial charge in [0, 0.05) is 23.4 Å². The Morgan fingerprint density at radius 2 is 1.96 bits per heavy atom. The van der Waals surface area contributed by atoms with Crippen LogP contribution in [0.2, 0.25) is 0 Å². The van der Waals surface area contributed by atoms with Crippen molar-refractivity contribution in [3.8, 4) is 0 Å². The van der Waals surface area contributed by atoms with Gasteiger partial charge >= 0.3 is 0 Å². The minimum absolute atomic E-state index is 0.0708. The van der Waals surface area contributed by atoms with E-state index in [-0.39, 0.29) is 11.7 Å². The molecule has 0 spiro atoms. The van der Waals surface area contributed by atoms with Gasteiger partial charge in [-0.3, -0.25) is 4.79 Å². The minimum Gasteiger partial charge on any atom is -0.379 e. The van der Waals surface area contributed by atoms with Gasteiger partial charge in [-0.15, -0.1) is 11.3 Å². The number of hydrogen-bond donors (Lipinski definition) is 1. The number of methoxy groups -OCH3 is 1. The van der Waals surface area contributed by atoms with Crippen molar-refractivity contribution in [2.45, 2.75) is 20.0 Å². The third-order valence-electron chi connectivity index (χ3n) is 3.63. The van der Waals surface area contributed by atoms with Crippen LogP contribution in [-0.2, 0) is 22.6 Å². The van der Waals surface area contributed by atoms with Gasteiger partial charge in [-0.25, -0.2) is 4.39 Å². The Hall–Kier alpha value is -1.76. The van der Waals surface area contributed by atoms with Gasteiger partial charge in [-0.05, 0) is 36.8 Å². The molecule has 1 aromatic carbocycles. The summed E-state index contributed by atoms with van der Waals surface area (Å²) in [6.45, 7) is 4.87. The van der Waals surface area contributed by atoms with Crippen molar-refractivity contribution in [3.05, 3.63) is 57.5 Å². The molecule has 0 saturated heterocycles. The third-order valence-corrected chi connectivity index (χ3v) is 4.61. The van der Waals surface area contributed by atoms with Gasteiger partial charge in [0.25, 0.3) is 5.91 Å². The second kappa shape index (κ2) is 9.52. The second-order valence-electron chi connectivity index (χ2n) is 5.66. The Morgan fingerprint density at radius 3 is 2.58 bits per heavy atom. The van der Waals surface area contributed by atoms with Crippen molar-refractivity contribution in [2.75, 3.05) is 26.8 Å². The average Bonchev–Trinajstić information content (AvgIpc) is 2.98. The third kappa shape index (κ3) is 6.03. The zero-order valence-corrected chi connectivity index (χ0v) is 14.9. The van der Waals surface area contributed by atoms with E-state index in [1.54, 1.807) is 30.6 Å². The normalized spacial score (nSPS) is 10.8. The molecule has 24 heavy (non-hydrogen) atoms. The van der Waals surface area contributed by atoms with E-state index in [1.807, 2.05) is 10.2 Å². The van der Waals surface area contributed by atoms with Gasteiger partial charge in [0.1, 0.15) is 5.82 Å². The Balaban J connectivity index is 2.02. The smallest absolute Gasteiger partial charge is 0.278 e. The highest BCUT2D eigenvalue weighted by atomic mass is 32.1. The number of aryl methyl sites for hydroxylation is 1. The topological polar surface area (TPSA) is 46.1 Å². The summed E-state index contributed by atoms with van der Waals surface area (Å²) in [5.74, 6) is -0.195. The molecule has 1 aromatic heterocycles. The fourth-order valence-corrected chi connectivity index (χ4v) is 3.26. The number of ether oxygens (including phenoxy) is 1. The van der Waals surface area contributed by atoms with E-state index < -0.39 is 0 Å². The Bertz CT molecular complexity index is 643. The average molecular weight is 351 g/mol. The van der Waals surface area contributed by atoms with Gasteiger partial charge in [0.2, 0.25) is 0 Å². The van der Waals surface area contributed by atoms with Gasteiger partial charge in [-0.2, -0.15) is 0 Å². The molecule has 0 radical (unpaired) electrons. The number of thiophene rings is 1. The van der Waals surface area contributed by atoms with Crippen molar-refractivity contribution in [3.63, 3.8) is 0 Å². The maximum absolute atomic E-state index is 13.1. The van der Waals surface area contributed by atoms with Crippen LogP contribution in [0.4, 0.5) is 4.39 Å². The summed E-state index contributed by atoms with van der Waals surface area (Å²) >= 11 is 1.69. The lowest BCUT2D eigenvalue weighted by Crippen LogP contribution is -2.87. The molecule has 1 heterocycles. The quantitative estimate of drug-likeness (QED) is 0.702. The molecule has 130 valence electrons. The van der Waals surface area contributed by atoms with Crippen molar-refractivity contribution in [1.82, 2.24) is 4.90 Å². The van der Waals surface area contributed by atoms with E-state index in [0.29, 0.717) is 26.2 Å². The molecular formula is C18H24FN2O2S+. The van der Waals surface area contributed by atoms with Crippen LogP contribution in [0.1, 0.15) is 15.3 Å². The lowest BCUT2D eigenvalue weighted by Gasteiger charge is -2.21. The highest BCUT2D eigenvalue weighted by Gasteiger charge is 2.17. The first-order valence-corrected chi connectivity index (χ1v) is 8.78. The molecule has 1 amide bonds. The molecular weight excluding hydrogens is 327 g/mol. The van der Waals surface area contributed by atoms with E-state index in [4.69, 9.17) is 4.74 Å². The Kier molecular flexibility index (Phi) is 7.36. The van der Waals surface area contributed by atoms with Crippen LogP contribution in [0.25, 0.3) is 0 Å². The van der Waals surface area contributed by atoms with Gasteiger partial charge in [0.15, 0.2) is 6.54 Å². The van der Waals surface area contributed by atoms with Gasteiger partial charge < -0.3 is 15.0 Å². The molecule has 6 heteroatoms. The maximum Gasteiger partial charge on any atom is 0.278 e. The second-order valence-corrected chi connectivity index (χ2v) is 7.04. The van der Waals surface area contributed by atoms with Crippen molar-refractivity contribution in [1.29, 1.82) is 0 Å². The number of halogens is 1. The van der Waals surface area contributed by atoms with Crippen LogP contribution in [0.3, 0.4) is 0 Å². The molecule has 0 atom stereocenters. The number of amides is 1. The summed E-state index contributed by atoms with van der Waals surface area (Å²) in [5.41, 5.74) is 0.926. The van der Waals surface area contributed by atoms with E-state index >= 15 is 0 Å². The summed E-state index contributed by atoms with van der Waals surface area (Å²) in [4.78, 5) is 16.8. The molecule has 0 aliphatic carbocycles. The Labute approximate surface area is 146 Å². The monoisotopic (exact) mass is 351 g/mol. The summed E-state index contributed by atoms with van der Waals surface area (Å²) < 4.78 is 18.1. The molecule has 4 nitrogen and oxygen atoms in total. The largest absolute Gasteiger partial charge is 0.379 e. The number of quaternary nitrogens is 1. The highest BCUT2D eigenvalue weighted by Crippen LogP contribution is 2.18. The molecule has 2 N–H and O–H groups in total. The van der Waals surface area contributed by atoms with Gasteiger partial charge in [0.05, 0.1) is 19.7 Å². The van der Waals surface area contributed by atoms with Crippen LogP contribution < -0.4 is 5.32 Å². The standard InChI is InChI=1S/C18H23FN2O2S/c1-14-3-8-17(24-14)13-21(18(22)11-20-9-10-23-2)12-15-4-6-16(19)7-5-15/h3-8,20H,9-13H2,1-2H3/p+1. The van der Waals surface area contributed by atoms with Crippen LogP contribution in [0.5, 0.6) is 0 Å². The minimum atomic E-state index is -0.265. The van der Waals surface area contributed by atoms with Crippen LogP contribution in [0.15, 0.2) is 36.4 Å². The molecule has 2 aromatic rings. The first-order chi connectivity index (χ1) is 11.6. The summed E-state index contributed by atoms with van der Waals surface area (Å²) in [6, 6.07) is 10.4. The van der Waals surface area contributed by atoms with Crippen molar-refractivity contribution < 1.29 is 19.2 Å². The Morgan fingerprint density at radius 1 is 1.21 bits per heavy atom. The first-order valence-electron chi connectivity index (χ1n) is 7.96. The number of carbonyl (C=O) groups excluding carboxylic acids is 1. The van der Waals surface area contributed by atoms with E-state index in [2.05, 4.69) is 19.1 Å². The lowest BCUT2D eigenvalue weighted by molar-refractivity contribution is -0.646. The number of nitrogens with zero attached hydrogens (tertiary/aromatic N) is 1. The predicted octanol–water partition coefficient (Wildman–Crippen LogP) is 1.93. The molecule has 2 rings (SSSR count). The molecule has 0 aliphatic heterocycles. The molecule has 0 unspecified atom stereocenters. The predicted molar refractivity (Wildman–Crippen MR) is 93.2 cm³/mol. The van der Waals surface area contributed by atoms with E-state index in [1.165, 1.54) is 17.0 Å². The summed E-state index contributed by atoms with van der Waals surface area (Å²) in [5, 5.41) is 1.95. The fraction of sp³-hybridized carbons (Fsp3) is 0.389. The fourth-order valence-electron chi connectivity index (χ4n) is 2.36. The van der Waals surface area contributed by atoms with Crippen molar-refractivity contribution in [2.24, 2.45) is 0 Å². The number of carbonyl (C=O) groups is 1. The van der Waals surface area contributed by atoms with Crippen LogP contribution in [0, 0.1) is 12.7 Å². The SMILES string of the molecule is COCC[NH2+]CC(=O)N(Cc1ccc(F)cc1)Cc1ccc(C)s1. The van der Waals surface area contributed by atoms with Crippen LogP contribution in [-0.4, -0.2) is 37.6 Å². The number of rotatable bonds is 9. The van der Waals surface area contributed by atoms with Gasteiger partial charge in [-0.1, -0.05) is 12.1 Å². The molecule has 0 fully saturated rings. The van der Waals surface area contributed by atoms with Crippen molar-refractivity contribution >= 4 is 17.2 Å². The number of nitrogens with two attached hydrogens (primary N) is 1. The lowest BCUT2D eigenvalue weighted by atomic mass is 10.2. The summed E-state index contributed by atoms with van der Waals surface area (Å²) in [7, 11) is 1.65. The summed E-state index contributed by atoms with van der Waals surface area (Å²) in [6.07, 6.45) is 0. The van der Waals surface area contributed by atoms with E-state index in [9.17, 15) is 9.18 Å². The molecule has 0 bridgehead atoms. The first kappa shape index (κ1) is 18.6. The highest BCUT2D eigenvalue weighted by molar-refractivity contribution is 7.11. The number of hydrogen-bond acceptors (Lipinski definition) is 3. The van der Waals surface area contributed by atoms with E-state index in [0.717, 1.165) is 17.0 Å². The molecule has 0 saturated carbocycles. The zero-order chi connectivity index (χ0) is 17.4.